The van der Waals surface area contributed by atoms with Gasteiger partial charge >= 0.3 is 0 Å². The highest BCUT2D eigenvalue weighted by Gasteiger charge is 2.23. The first-order valence-corrected chi connectivity index (χ1v) is 11.4. The van der Waals surface area contributed by atoms with E-state index in [1.807, 2.05) is 9.30 Å². The molecule has 0 radical (unpaired) electrons. The number of piperazine rings is 1. The Bertz CT molecular complexity index is 1330. The predicted molar refractivity (Wildman–Crippen MR) is 132 cm³/mol. The lowest BCUT2D eigenvalue weighted by Crippen LogP contribution is -2.50. The van der Waals surface area contributed by atoms with Crippen molar-refractivity contribution in [1.82, 2.24) is 19.3 Å². The van der Waals surface area contributed by atoms with Gasteiger partial charge in [0.05, 0.1) is 12.7 Å². The van der Waals surface area contributed by atoms with Crippen LogP contribution in [0.4, 0.5) is 15.9 Å². The minimum absolute atomic E-state index is 0.0367. The van der Waals surface area contributed by atoms with Gasteiger partial charge in [0.25, 0.3) is 0 Å². The van der Waals surface area contributed by atoms with E-state index in [1.54, 1.807) is 30.7 Å². The number of benzene rings is 2. The van der Waals surface area contributed by atoms with Gasteiger partial charge in [-0.15, -0.1) is 0 Å². The van der Waals surface area contributed by atoms with Crippen molar-refractivity contribution in [3.63, 3.8) is 0 Å². The fourth-order valence-corrected chi connectivity index (χ4v) is 4.43. The zero-order valence-electron chi connectivity index (χ0n) is 19.3. The van der Waals surface area contributed by atoms with Crippen LogP contribution in [0.25, 0.3) is 16.9 Å². The van der Waals surface area contributed by atoms with Gasteiger partial charge in [-0.3, -0.25) is 14.2 Å². The van der Waals surface area contributed by atoms with E-state index >= 15 is 0 Å². The molecule has 1 aliphatic heterocycles. The molecule has 5 rings (SSSR count). The molecule has 1 N–H and O–H groups in total. The van der Waals surface area contributed by atoms with Gasteiger partial charge in [0.1, 0.15) is 17.3 Å². The molecule has 1 aliphatic rings. The highest BCUT2D eigenvalue weighted by Crippen LogP contribution is 2.29. The monoisotopic (exact) mass is 458 g/mol. The molecular formula is C26H27FN6O. The van der Waals surface area contributed by atoms with Crippen LogP contribution in [-0.4, -0.2) is 57.9 Å². The minimum atomic E-state index is -0.307. The number of rotatable bonds is 5. The summed E-state index contributed by atoms with van der Waals surface area (Å²) in [6.45, 7) is 7.38. The fourth-order valence-electron chi connectivity index (χ4n) is 4.43. The molecule has 4 aromatic rings. The van der Waals surface area contributed by atoms with E-state index in [0.29, 0.717) is 30.2 Å². The Morgan fingerprint density at radius 1 is 1.06 bits per heavy atom. The summed E-state index contributed by atoms with van der Waals surface area (Å²) >= 11 is 0. The summed E-state index contributed by atoms with van der Waals surface area (Å²) < 4.78 is 15.3. The summed E-state index contributed by atoms with van der Waals surface area (Å²) in [4.78, 5) is 26.1. The van der Waals surface area contributed by atoms with E-state index in [0.717, 1.165) is 18.7 Å². The molecule has 1 amide bonds. The molecule has 2 aromatic carbocycles. The standard InChI is InChI=1S/C26H27FN6O/c1-18-4-3-5-22(19(18)2)31-12-14-32(15-13-31)24(34)17-29-26-25(20-6-8-21(27)9-7-20)30-23-16-28-10-11-33(23)26/h3-11,16,29H,12-15,17H2,1-2H3. The topological polar surface area (TPSA) is 65.8 Å². The molecule has 7 nitrogen and oxygen atoms in total. The molecule has 0 bridgehead atoms. The van der Waals surface area contributed by atoms with Gasteiger partial charge in [0, 0.05) is 49.8 Å². The third kappa shape index (κ3) is 4.19. The number of amides is 1. The van der Waals surface area contributed by atoms with Crippen LogP contribution in [0.1, 0.15) is 11.1 Å². The highest BCUT2D eigenvalue weighted by molar-refractivity contribution is 5.84. The van der Waals surface area contributed by atoms with Crippen LogP contribution >= 0.6 is 0 Å². The lowest BCUT2D eigenvalue weighted by Gasteiger charge is -2.37. The number of fused-ring (bicyclic) bond motifs is 1. The largest absolute Gasteiger partial charge is 0.368 e. The van der Waals surface area contributed by atoms with Crippen molar-refractivity contribution in [2.45, 2.75) is 13.8 Å². The van der Waals surface area contributed by atoms with Crippen molar-refractivity contribution < 1.29 is 9.18 Å². The second kappa shape index (κ2) is 9.13. The molecule has 0 spiro atoms. The Morgan fingerprint density at radius 2 is 1.82 bits per heavy atom. The Hall–Kier alpha value is -3.94. The van der Waals surface area contributed by atoms with Gasteiger partial charge < -0.3 is 15.1 Å². The summed E-state index contributed by atoms with van der Waals surface area (Å²) in [5.41, 5.74) is 5.88. The zero-order chi connectivity index (χ0) is 23.7. The first-order chi connectivity index (χ1) is 16.5. The number of carbonyl (C=O) groups excluding carboxylic acids is 1. The molecule has 8 heteroatoms. The van der Waals surface area contributed by atoms with Crippen molar-refractivity contribution in [3.05, 3.63) is 78.0 Å². The van der Waals surface area contributed by atoms with E-state index in [4.69, 9.17) is 0 Å². The minimum Gasteiger partial charge on any atom is -0.368 e. The molecule has 0 saturated carbocycles. The average molecular weight is 459 g/mol. The summed E-state index contributed by atoms with van der Waals surface area (Å²) in [6.07, 6.45) is 5.13. The number of imidazole rings is 1. The SMILES string of the molecule is Cc1cccc(N2CCN(C(=O)CNc3c(-c4ccc(F)cc4)nc4cnccn34)CC2)c1C. The Kier molecular flexibility index (Phi) is 5.88. The lowest BCUT2D eigenvalue weighted by molar-refractivity contribution is -0.129. The maximum absolute atomic E-state index is 13.4. The molecule has 0 unspecified atom stereocenters. The molecule has 174 valence electrons. The van der Waals surface area contributed by atoms with Crippen LogP contribution in [0.2, 0.25) is 0 Å². The van der Waals surface area contributed by atoms with E-state index in [-0.39, 0.29) is 18.3 Å². The van der Waals surface area contributed by atoms with Gasteiger partial charge in [0.15, 0.2) is 5.65 Å². The number of hydrogen-bond acceptors (Lipinski definition) is 5. The number of carbonyl (C=O) groups is 1. The summed E-state index contributed by atoms with van der Waals surface area (Å²) in [5, 5.41) is 3.28. The van der Waals surface area contributed by atoms with E-state index in [9.17, 15) is 9.18 Å². The Morgan fingerprint density at radius 3 is 2.59 bits per heavy atom. The third-order valence-corrected chi connectivity index (χ3v) is 6.50. The zero-order valence-corrected chi connectivity index (χ0v) is 19.3. The van der Waals surface area contributed by atoms with Crippen molar-refractivity contribution in [1.29, 1.82) is 0 Å². The number of nitrogens with one attached hydrogen (secondary N) is 1. The number of hydrogen-bond donors (Lipinski definition) is 1. The molecule has 1 saturated heterocycles. The summed E-state index contributed by atoms with van der Waals surface area (Å²) in [5.74, 6) is 0.417. The first kappa shape index (κ1) is 21.9. The van der Waals surface area contributed by atoms with Crippen LogP contribution in [0, 0.1) is 19.7 Å². The van der Waals surface area contributed by atoms with Crippen molar-refractivity contribution >= 4 is 23.1 Å². The Balaban J connectivity index is 1.29. The Labute approximate surface area is 197 Å². The molecular weight excluding hydrogens is 431 g/mol. The van der Waals surface area contributed by atoms with Gasteiger partial charge in [0.2, 0.25) is 5.91 Å². The smallest absolute Gasteiger partial charge is 0.242 e. The van der Waals surface area contributed by atoms with Gasteiger partial charge in [-0.05, 0) is 55.3 Å². The third-order valence-electron chi connectivity index (χ3n) is 6.50. The van der Waals surface area contributed by atoms with Crippen LogP contribution in [0.3, 0.4) is 0 Å². The normalized spacial score (nSPS) is 14.0. The quantitative estimate of drug-likeness (QED) is 0.491. The second-order valence-electron chi connectivity index (χ2n) is 8.56. The van der Waals surface area contributed by atoms with Crippen LogP contribution in [0.15, 0.2) is 61.1 Å². The van der Waals surface area contributed by atoms with Crippen LogP contribution in [-0.2, 0) is 4.79 Å². The predicted octanol–water partition coefficient (Wildman–Crippen LogP) is 3.91. The van der Waals surface area contributed by atoms with Crippen molar-refractivity contribution in [2.24, 2.45) is 0 Å². The van der Waals surface area contributed by atoms with Crippen molar-refractivity contribution in [2.75, 3.05) is 42.9 Å². The number of aryl methyl sites for hydroxylation is 1. The summed E-state index contributed by atoms with van der Waals surface area (Å²) in [7, 11) is 0. The second-order valence-corrected chi connectivity index (χ2v) is 8.56. The summed E-state index contributed by atoms with van der Waals surface area (Å²) in [6, 6.07) is 12.5. The maximum Gasteiger partial charge on any atom is 0.242 e. The number of halogens is 1. The van der Waals surface area contributed by atoms with Gasteiger partial charge in [-0.25, -0.2) is 9.37 Å². The van der Waals surface area contributed by atoms with Gasteiger partial charge in [-0.1, -0.05) is 12.1 Å². The number of anilines is 2. The van der Waals surface area contributed by atoms with Crippen LogP contribution in [0.5, 0.6) is 0 Å². The van der Waals surface area contributed by atoms with Crippen molar-refractivity contribution in [3.8, 4) is 11.3 Å². The number of nitrogens with zero attached hydrogens (tertiary/aromatic N) is 5. The molecule has 3 heterocycles. The fraction of sp³-hybridized carbons (Fsp3) is 0.269. The molecule has 1 fully saturated rings. The van der Waals surface area contributed by atoms with E-state index < -0.39 is 0 Å². The maximum atomic E-state index is 13.4. The van der Waals surface area contributed by atoms with Crippen LogP contribution < -0.4 is 10.2 Å². The lowest BCUT2D eigenvalue weighted by atomic mass is 10.1. The number of aromatic nitrogens is 3. The van der Waals surface area contributed by atoms with Gasteiger partial charge in [-0.2, -0.15) is 0 Å². The first-order valence-electron chi connectivity index (χ1n) is 11.4. The van der Waals surface area contributed by atoms with E-state index in [1.165, 1.54) is 28.9 Å². The molecule has 34 heavy (non-hydrogen) atoms. The average Bonchev–Trinajstić information content (AvgIpc) is 3.23. The molecule has 2 aromatic heterocycles. The molecule has 0 aliphatic carbocycles. The highest BCUT2D eigenvalue weighted by atomic mass is 19.1. The van der Waals surface area contributed by atoms with E-state index in [2.05, 4.69) is 52.2 Å². The molecule has 0 atom stereocenters.